The third-order valence-electron chi connectivity index (χ3n) is 5.03. The van der Waals surface area contributed by atoms with Crippen molar-refractivity contribution in [2.75, 3.05) is 11.9 Å². The van der Waals surface area contributed by atoms with Gasteiger partial charge in [-0.05, 0) is 12.5 Å². The zero-order chi connectivity index (χ0) is 20.6. The number of imidazole rings is 1. The summed E-state index contributed by atoms with van der Waals surface area (Å²) in [6.45, 7) is 1.97. The normalized spacial score (nSPS) is 26.5. The first-order valence-electron chi connectivity index (χ1n) is 9.05. The lowest BCUT2D eigenvalue weighted by Gasteiger charge is -2.23. The maximum Gasteiger partial charge on any atom is 0.227 e. The van der Waals surface area contributed by atoms with E-state index in [1.807, 2.05) is 37.3 Å². The standard InChI is InChI=1S/C19H20N6O4/c1-11-3-2-4-12(5-11)6-21-17-18-22-7-14(25(18)24-10-23-17)19(9-20)16(28)15(27)13(8-26)29-19/h2-5,7,10,13,15-16,26-28H,6,8H2,1H3,(H,21,23,24). The van der Waals surface area contributed by atoms with Gasteiger partial charge in [0.2, 0.25) is 5.60 Å². The lowest BCUT2D eigenvalue weighted by atomic mass is 9.93. The molecule has 1 saturated heterocycles. The molecular weight excluding hydrogens is 376 g/mol. The van der Waals surface area contributed by atoms with E-state index in [1.54, 1.807) is 0 Å². The van der Waals surface area contributed by atoms with Crippen LogP contribution in [0.3, 0.4) is 0 Å². The number of fused-ring (bicyclic) bond motifs is 1. The highest BCUT2D eigenvalue weighted by Crippen LogP contribution is 2.39. The Balaban J connectivity index is 1.70. The largest absolute Gasteiger partial charge is 0.394 e. The molecular formula is C19H20N6O4. The van der Waals surface area contributed by atoms with E-state index in [0.717, 1.165) is 11.1 Å². The molecule has 0 amide bonds. The van der Waals surface area contributed by atoms with Gasteiger partial charge in [-0.3, -0.25) is 0 Å². The zero-order valence-electron chi connectivity index (χ0n) is 15.6. The number of rotatable bonds is 5. The van der Waals surface area contributed by atoms with E-state index in [2.05, 4.69) is 20.4 Å². The van der Waals surface area contributed by atoms with E-state index >= 15 is 0 Å². The molecule has 29 heavy (non-hydrogen) atoms. The number of nitrogens with zero attached hydrogens (tertiary/aromatic N) is 5. The summed E-state index contributed by atoms with van der Waals surface area (Å²) in [4.78, 5) is 8.50. The number of anilines is 1. The first-order valence-corrected chi connectivity index (χ1v) is 9.05. The van der Waals surface area contributed by atoms with Gasteiger partial charge in [0, 0.05) is 6.54 Å². The summed E-state index contributed by atoms with van der Waals surface area (Å²) in [5, 5.41) is 47.1. The number of aromatic nitrogens is 4. The van der Waals surface area contributed by atoms with E-state index in [0.29, 0.717) is 18.0 Å². The van der Waals surface area contributed by atoms with Crippen molar-refractivity contribution in [3.8, 4) is 6.07 Å². The fraction of sp³-hybridized carbons (Fsp3) is 0.368. The Kier molecular flexibility index (Phi) is 4.89. The topological polar surface area (TPSA) is 149 Å². The van der Waals surface area contributed by atoms with E-state index < -0.39 is 30.5 Å². The van der Waals surface area contributed by atoms with Gasteiger partial charge in [0.15, 0.2) is 11.5 Å². The van der Waals surface area contributed by atoms with Crippen LogP contribution in [0.1, 0.15) is 16.8 Å². The van der Waals surface area contributed by atoms with Crippen LogP contribution in [0.25, 0.3) is 5.65 Å². The van der Waals surface area contributed by atoms with Crippen molar-refractivity contribution in [3.05, 3.63) is 53.6 Å². The molecule has 4 atom stereocenters. The molecule has 0 saturated carbocycles. The third kappa shape index (κ3) is 3.10. The predicted octanol–water partition coefficient (Wildman–Crippen LogP) is -0.123. The monoisotopic (exact) mass is 396 g/mol. The predicted molar refractivity (Wildman–Crippen MR) is 101 cm³/mol. The summed E-state index contributed by atoms with van der Waals surface area (Å²) >= 11 is 0. The molecule has 1 aliphatic heterocycles. The molecule has 2 aromatic heterocycles. The number of aliphatic hydroxyl groups excluding tert-OH is 3. The number of ether oxygens (including phenoxy) is 1. The molecule has 3 aromatic rings. The molecule has 4 rings (SSSR count). The van der Waals surface area contributed by atoms with Gasteiger partial charge < -0.3 is 25.4 Å². The van der Waals surface area contributed by atoms with Crippen molar-refractivity contribution in [1.29, 1.82) is 5.26 Å². The van der Waals surface area contributed by atoms with Crippen LogP contribution in [0.4, 0.5) is 5.82 Å². The highest BCUT2D eigenvalue weighted by atomic mass is 16.6. The smallest absolute Gasteiger partial charge is 0.227 e. The summed E-state index contributed by atoms with van der Waals surface area (Å²) < 4.78 is 6.89. The van der Waals surface area contributed by atoms with Crippen LogP contribution in [-0.2, 0) is 16.9 Å². The van der Waals surface area contributed by atoms with Crippen molar-refractivity contribution in [2.24, 2.45) is 0 Å². The van der Waals surface area contributed by atoms with Gasteiger partial charge >= 0.3 is 0 Å². The van der Waals surface area contributed by atoms with Crippen LogP contribution < -0.4 is 5.32 Å². The van der Waals surface area contributed by atoms with Crippen molar-refractivity contribution in [3.63, 3.8) is 0 Å². The molecule has 1 aliphatic rings. The van der Waals surface area contributed by atoms with E-state index in [1.165, 1.54) is 17.0 Å². The van der Waals surface area contributed by atoms with Crippen molar-refractivity contribution < 1.29 is 20.1 Å². The van der Waals surface area contributed by atoms with Gasteiger partial charge in [-0.15, -0.1) is 0 Å². The van der Waals surface area contributed by atoms with Crippen LogP contribution in [0.2, 0.25) is 0 Å². The maximum atomic E-state index is 10.5. The van der Waals surface area contributed by atoms with Crippen molar-refractivity contribution >= 4 is 11.5 Å². The van der Waals surface area contributed by atoms with Crippen molar-refractivity contribution in [2.45, 2.75) is 37.4 Å². The van der Waals surface area contributed by atoms with E-state index in [9.17, 15) is 20.6 Å². The molecule has 3 heterocycles. The first kappa shape index (κ1) is 19.2. The number of benzene rings is 1. The van der Waals surface area contributed by atoms with Gasteiger partial charge in [-0.2, -0.15) is 10.4 Å². The van der Waals surface area contributed by atoms with Crippen LogP contribution in [0.5, 0.6) is 0 Å². The molecule has 0 aliphatic carbocycles. The molecule has 150 valence electrons. The minimum absolute atomic E-state index is 0.138. The number of aryl methyl sites for hydroxylation is 1. The van der Waals surface area contributed by atoms with Gasteiger partial charge in [0.25, 0.3) is 0 Å². The average Bonchev–Trinajstić information content (AvgIpc) is 3.27. The summed E-state index contributed by atoms with van der Waals surface area (Å²) in [5.74, 6) is 0.438. The highest BCUT2D eigenvalue weighted by molar-refractivity contribution is 5.63. The first-order chi connectivity index (χ1) is 14.0. The Morgan fingerprint density at radius 3 is 2.86 bits per heavy atom. The van der Waals surface area contributed by atoms with E-state index in [-0.39, 0.29) is 5.69 Å². The fourth-order valence-electron chi connectivity index (χ4n) is 3.53. The Morgan fingerprint density at radius 1 is 1.34 bits per heavy atom. The average molecular weight is 396 g/mol. The SMILES string of the molecule is Cc1cccc(CNc2ncnn3c(C4(C#N)OC(CO)C(O)C4O)cnc23)c1. The quantitative estimate of drug-likeness (QED) is 0.463. The molecule has 10 nitrogen and oxygen atoms in total. The third-order valence-corrected chi connectivity index (χ3v) is 5.03. The summed E-state index contributed by atoms with van der Waals surface area (Å²) in [5.41, 5.74) is 0.751. The summed E-state index contributed by atoms with van der Waals surface area (Å²) in [6, 6.07) is 9.92. The van der Waals surface area contributed by atoms with Gasteiger partial charge in [0.1, 0.15) is 36.4 Å². The Morgan fingerprint density at radius 2 is 2.17 bits per heavy atom. The highest BCUT2D eigenvalue weighted by Gasteiger charge is 2.57. The lowest BCUT2D eigenvalue weighted by Crippen LogP contribution is -2.41. The lowest BCUT2D eigenvalue weighted by molar-refractivity contribution is -0.0643. The second-order valence-electron chi connectivity index (χ2n) is 6.95. The molecule has 1 fully saturated rings. The number of aliphatic hydroxyl groups is 3. The molecule has 10 heteroatoms. The Labute approximate surface area is 166 Å². The Hall–Kier alpha value is -3.10. The molecule has 4 unspecified atom stereocenters. The molecule has 0 spiro atoms. The van der Waals surface area contributed by atoms with E-state index in [4.69, 9.17) is 4.74 Å². The van der Waals surface area contributed by atoms with Crippen molar-refractivity contribution in [1.82, 2.24) is 19.6 Å². The van der Waals surface area contributed by atoms with Gasteiger partial charge in [0.05, 0.1) is 12.8 Å². The number of hydrogen-bond acceptors (Lipinski definition) is 9. The molecule has 0 bridgehead atoms. The summed E-state index contributed by atoms with van der Waals surface area (Å²) in [7, 11) is 0. The minimum Gasteiger partial charge on any atom is -0.394 e. The minimum atomic E-state index is -1.92. The van der Waals surface area contributed by atoms with Gasteiger partial charge in [-0.25, -0.2) is 14.5 Å². The molecule has 1 aromatic carbocycles. The van der Waals surface area contributed by atoms with Crippen LogP contribution in [0.15, 0.2) is 36.8 Å². The second kappa shape index (κ2) is 7.38. The number of hydrogen-bond donors (Lipinski definition) is 4. The Bertz CT molecular complexity index is 1080. The van der Waals surface area contributed by atoms with Crippen LogP contribution in [0, 0.1) is 18.3 Å². The van der Waals surface area contributed by atoms with Gasteiger partial charge in [-0.1, -0.05) is 29.8 Å². The summed E-state index contributed by atoms with van der Waals surface area (Å²) in [6.07, 6.45) is -1.46. The number of nitrogens with one attached hydrogen (secondary N) is 1. The molecule has 0 radical (unpaired) electrons. The van der Waals surface area contributed by atoms with Crippen LogP contribution >= 0.6 is 0 Å². The zero-order valence-corrected chi connectivity index (χ0v) is 15.6. The fourth-order valence-corrected chi connectivity index (χ4v) is 3.53. The second-order valence-corrected chi connectivity index (χ2v) is 6.95. The molecule has 4 N–H and O–H groups in total. The van der Waals surface area contributed by atoms with Crippen LogP contribution in [-0.4, -0.2) is 59.8 Å². The maximum absolute atomic E-state index is 10.5. The number of nitriles is 1.